The fourth-order valence-corrected chi connectivity index (χ4v) is 3.20. The molecule has 0 spiro atoms. The van der Waals surface area contributed by atoms with Crippen molar-refractivity contribution >= 4 is 0 Å². The Bertz CT molecular complexity index is 421. The van der Waals surface area contributed by atoms with Gasteiger partial charge in [0, 0.05) is 19.7 Å². The molecule has 1 aromatic carbocycles. The normalized spacial score (nSPS) is 20.7. The van der Waals surface area contributed by atoms with Gasteiger partial charge in [0.2, 0.25) is 0 Å². The van der Waals surface area contributed by atoms with E-state index in [4.69, 9.17) is 4.74 Å². The summed E-state index contributed by atoms with van der Waals surface area (Å²) in [6.45, 7) is 7.97. The molecule has 0 saturated carbocycles. The van der Waals surface area contributed by atoms with Crippen LogP contribution in [0.2, 0.25) is 0 Å². The maximum atomic E-state index is 10.4. The third kappa shape index (κ3) is 5.42. The molecule has 0 amide bonds. The van der Waals surface area contributed by atoms with Gasteiger partial charge in [0.1, 0.15) is 0 Å². The van der Waals surface area contributed by atoms with Gasteiger partial charge in [0.15, 0.2) is 0 Å². The summed E-state index contributed by atoms with van der Waals surface area (Å²) in [5, 5.41) is 10.4. The molecule has 0 aromatic heterocycles. The lowest BCUT2D eigenvalue weighted by atomic mass is 10.00. The summed E-state index contributed by atoms with van der Waals surface area (Å²) < 4.78 is 5.53. The second kappa shape index (κ2) is 7.92. The number of aliphatic hydroxyl groups is 1. The molecule has 1 aliphatic rings. The van der Waals surface area contributed by atoms with Gasteiger partial charge in [-0.3, -0.25) is 0 Å². The van der Waals surface area contributed by atoms with Gasteiger partial charge in [-0.25, -0.2) is 0 Å². The minimum atomic E-state index is -0.367. The first-order valence-corrected chi connectivity index (χ1v) is 8.07. The summed E-state index contributed by atoms with van der Waals surface area (Å²) in [5.41, 5.74) is 3.48. The monoisotopic (exact) mass is 291 g/mol. The van der Waals surface area contributed by atoms with E-state index in [2.05, 4.69) is 44.0 Å². The van der Waals surface area contributed by atoms with Crippen molar-refractivity contribution in [1.29, 1.82) is 0 Å². The summed E-state index contributed by atoms with van der Waals surface area (Å²) in [7, 11) is 2.14. The Labute approximate surface area is 128 Å². The second-order valence-electron chi connectivity index (χ2n) is 6.57. The third-order valence-corrected chi connectivity index (χ3v) is 4.24. The number of benzene rings is 1. The van der Waals surface area contributed by atoms with Crippen molar-refractivity contribution in [1.82, 2.24) is 4.90 Å². The smallest absolute Gasteiger partial charge is 0.0802 e. The highest BCUT2D eigenvalue weighted by Gasteiger charge is 2.17. The quantitative estimate of drug-likeness (QED) is 0.874. The molecule has 1 aliphatic heterocycles. The van der Waals surface area contributed by atoms with E-state index >= 15 is 0 Å². The van der Waals surface area contributed by atoms with E-state index in [-0.39, 0.29) is 6.10 Å². The van der Waals surface area contributed by atoms with Crippen LogP contribution in [0.4, 0.5) is 0 Å². The number of nitrogens with zero attached hydrogens (tertiary/aromatic N) is 1. The first kappa shape index (κ1) is 16.5. The topological polar surface area (TPSA) is 32.7 Å². The van der Waals surface area contributed by atoms with Crippen molar-refractivity contribution < 1.29 is 9.84 Å². The molecule has 3 nitrogen and oxygen atoms in total. The average Bonchev–Trinajstić information content (AvgIpc) is 2.45. The van der Waals surface area contributed by atoms with E-state index in [1.54, 1.807) is 0 Å². The van der Waals surface area contributed by atoms with Crippen molar-refractivity contribution in [3.63, 3.8) is 0 Å². The molecule has 1 fully saturated rings. The van der Waals surface area contributed by atoms with Gasteiger partial charge in [0.25, 0.3) is 0 Å². The standard InChI is InChI=1S/C18H29NO2/c1-14-9-15(2)11-17(10-14)18(20)6-7-19(3)12-16-5-4-8-21-13-16/h9-11,16,18,20H,4-8,12-13H2,1-3H3. The number of aliphatic hydroxyl groups excluding tert-OH is 1. The van der Waals surface area contributed by atoms with Gasteiger partial charge < -0.3 is 14.7 Å². The maximum Gasteiger partial charge on any atom is 0.0802 e. The summed E-state index contributed by atoms with van der Waals surface area (Å²) >= 11 is 0. The molecule has 0 bridgehead atoms. The molecule has 3 heteroatoms. The Balaban J connectivity index is 1.78. The van der Waals surface area contributed by atoms with Crippen molar-refractivity contribution in [3.05, 3.63) is 34.9 Å². The molecule has 21 heavy (non-hydrogen) atoms. The van der Waals surface area contributed by atoms with Crippen LogP contribution in [0.15, 0.2) is 18.2 Å². The van der Waals surface area contributed by atoms with Crippen molar-refractivity contribution in [3.8, 4) is 0 Å². The highest BCUT2D eigenvalue weighted by molar-refractivity contribution is 5.29. The lowest BCUT2D eigenvalue weighted by Gasteiger charge is -2.27. The number of hydrogen-bond acceptors (Lipinski definition) is 3. The molecule has 118 valence electrons. The van der Waals surface area contributed by atoms with Crippen LogP contribution < -0.4 is 0 Å². The van der Waals surface area contributed by atoms with Gasteiger partial charge in [-0.1, -0.05) is 29.3 Å². The predicted octanol–water partition coefficient (Wildman–Crippen LogP) is 3.09. The van der Waals surface area contributed by atoms with Gasteiger partial charge >= 0.3 is 0 Å². The lowest BCUT2D eigenvalue weighted by Crippen LogP contribution is -2.32. The van der Waals surface area contributed by atoms with Gasteiger partial charge in [0.05, 0.1) is 12.7 Å². The van der Waals surface area contributed by atoms with E-state index in [1.807, 2.05) is 0 Å². The Morgan fingerprint density at radius 2 is 2.00 bits per heavy atom. The number of hydrogen-bond donors (Lipinski definition) is 1. The summed E-state index contributed by atoms with van der Waals surface area (Å²) in [6, 6.07) is 6.32. The minimum Gasteiger partial charge on any atom is -0.388 e. The van der Waals surface area contributed by atoms with Crippen LogP contribution in [0, 0.1) is 19.8 Å². The van der Waals surface area contributed by atoms with Gasteiger partial charge in [-0.15, -0.1) is 0 Å². The van der Waals surface area contributed by atoms with E-state index in [9.17, 15) is 5.11 Å². The fraction of sp³-hybridized carbons (Fsp3) is 0.667. The van der Waals surface area contributed by atoms with Crippen LogP contribution >= 0.6 is 0 Å². The molecule has 1 N–H and O–H groups in total. The Morgan fingerprint density at radius 1 is 1.29 bits per heavy atom. The van der Waals surface area contributed by atoms with Crippen molar-refractivity contribution in [2.75, 3.05) is 33.4 Å². The zero-order valence-electron chi connectivity index (χ0n) is 13.6. The zero-order valence-corrected chi connectivity index (χ0v) is 13.6. The maximum absolute atomic E-state index is 10.4. The largest absolute Gasteiger partial charge is 0.388 e. The van der Waals surface area contributed by atoms with Gasteiger partial charge in [-0.05, 0) is 51.6 Å². The molecule has 2 unspecified atom stereocenters. The summed E-state index contributed by atoms with van der Waals surface area (Å²) in [4.78, 5) is 2.32. The first-order valence-electron chi connectivity index (χ1n) is 8.07. The minimum absolute atomic E-state index is 0.367. The van der Waals surface area contributed by atoms with Crippen LogP contribution in [0.5, 0.6) is 0 Å². The SMILES string of the molecule is Cc1cc(C)cc(C(O)CCN(C)CC2CCCOC2)c1. The van der Waals surface area contributed by atoms with Crippen LogP contribution in [-0.2, 0) is 4.74 Å². The predicted molar refractivity (Wildman–Crippen MR) is 86.5 cm³/mol. The first-order chi connectivity index (χ1) is 10.0. The Hall–Kier alpha value is -0.900. The molecule has 1 heterocycles. The van der Waals surface area contributed by atoms with Crippen LogP contribution in [0.25, 0.3) is 0 Å². The molecule has 0 aliphatic carbocycles. The molecule has 2 rings (SSSR count). The summed E-state index contributed by atoms with van der Waals surface area (Å²) in [5.74, 6) is 0.655. The highest BCUT2D eigenvalue weighted by atomic mass is 16.5. The lowest BCUT2D eigenvalue weighted by molar-refractivity contribution is 0.0399. The van der Waals surface area contributed by atoms with Crippen LogP contribution in [0.1, 0.15) is 42.1 Å². The summed E-state index contributed by atoms with van der Waals surface area (Å²) in [6.07, 6.45) is 2.87. The number of aryl methyl sites for hydroxylation is 2. The Morgan fingerprint density at radius 3 is 2.62 bits per heavy atom. The van der Waals surface area contributed by atoms with E-state index in [0.717, 1.165) is 38.3 Å². The van der Waals surface area contributed by atoms with E-state index in [1.165, 1.54) is 24.0 Å². The van der Waals surface area contributed by atoms with Crippen LogP contribution in [-0.4, -0.2) is 43.4 Å². The zero-order chi connectivity index (χ0) is 15.2. The molecular weight excluding hydrogens is 262 g/mol. The molecule has 1 aromatic rings. The second-order valence-corrected chi connectivity index (χ2v) is 6.57. The molecule has 1 saturated heterocycles. The van der Waals surface area contributed by atoms with Crippen molar-refractivity contribution in [2.24, 2.45) is 5.92 Å². The fourth-order valence-electron chi connectivity index (χ4n) is 3.20. The highest BCUT2D eigenvalue weighted by Crippen LogP contribution is 2.21. The van der Waals surface area contributed by atoms with E-state index in [0.29, 0.717) is 5.92 Å². The molecule has 0 radical (unpaired) electrons. The third-order valence-electron chi connectivity index (χ3n) is 4.24. The molecular formula is C18H29NO2. The van der Waals surface area contributed by atoms with E-state index < -0.39 is 0 Å². The average molecular weight is 291 g/mol. The number of rotatable bonds is 6. The van der Waals surface area contributed by atoms with Crippen LogP contribution in [0.3, 0.4) is 0 Å². The Kier molecular flexibility index (Phi) is 6.22. The van der Waals surface area contributed by atoms with Gasteiger partial charge in [-0.2, -0.15) is 0 Å². The molecule has 2 atom stereocenters. The number of ether oxygens (including phenoxy) is 1. The van der Waals surface area contributed by atoms with Crippen molar-refractivity contribution in [2.45, 2.75) is 39.2 Å².